The van der Waals surface area contributed by atoms with Crippen molar-refractivity contribution < 1.29 is 19.8 Å². The van der Waals surface area contributed by atoms with Crippen molar-refractivity contribution in [2.45, 2.75) is 17.4 Å². The lowest BCUT2D eigenvalue weighted by molar-refractivity contribution is -0.142. The molecule has 7 heteroatoms. The molecule has 19 heavy (non-hydrogen) atoms. The lowest BCUT2D eigenvalue weighted by atomic mass is 10.3. The number of rotatable bonds is 7. The van der Waals surface area contributed by atoms with Gasteiger partial charge in [-0.2, -0.15) is 0 Å². The highest BCUT2D eigenvalue weighted by Crippen LogP contribution is 2.20. The number of amides is 1. The van der Waals surface area contributed by atoms with Crippen LogP contribution in [-0.2, 0) is 9.59 Å². The maximum Gasteiger partial charge on any atom is 0.328 e. The minimum atomic E-state index is -1.25. The van der Waals surface area contributed by atoms with Crippen LogP contribution in [0.2, 0.25) is 5.02 Å². The topological polar surface area (TPSA) is 86.6 Å². The van der Waals surface area contributed by atoms with Crippen molar-refractivity contribution in [3.05, 3.63) is 29.3 Å². The Bertz CT molecular complexity index is 438. The third-order valence-corrected chi connectivity index (χ3v) is 3.49. The lowest BCUT2D eigenvalue weighted by Gasteiger charge is -2.11. The van der Waals surface area contributed by atoms with Crippen molar-refractivity contribution in [1.82, 2.24) is 5.32 Å². The molecule has 0 aliphatic carbocycles. The Balaban J connectivity index is 2.30. The van der Waals surface area contributed by atoms with Crippen LogP contribution in [0.1, 0.15) is 6.42 Å². The van der Waals surface area contributed by atoms with Gasteiger partial charge in [-0.15, -0.1) is 11.8 Å². The van der Waals surface area contributed by atoms with Crippen molar-refractivity contribution >= 4 is 35.2 Å². The first-order chi connectivity index (χ1) is 9.02. The van der Waals surface area contributed by atoms with E-state index in [2.05, 4.69) is 5.32 Å². The number of aliphatic hydroxyl groups excluding tert-OH is 1. The fourth-order valence-electron chi connectivity index (χ4n) is 1.24. The molecule has 0 saturated heterocycles. The first kappa shape index (κ1) is 15.8. The second-order valence-corrected chi connectivity index (χ2v) is 5.30. The number of aliphatic hydroxyl groups is 1. The van der Waals surface area contributed by atoms with Crippen LogP contribution in [0.15, 0.2) is 29.2 Å². The molecule has 3 N–H and O–H groups in total. The molecule has 5 nitrogen and oxygen atoms in total. The number of carboxylic acids is 1. The molecule has 104 valence electrons. The summed E-state index contributed by atoms with van der Waals surface area (Å²) in [5, 5.41) is 20.3. The van der Waals surface area contributed by atoms with E-state index in [1.54, 1.807) is 12.1 Å². The Morgan fingerprint density at radius 1 is 1.32 bits per heavy atom. The number of nitrogens with one attached hydrogen (secondary N) is 1. The molecule has 1 aromatic rings. The number of thioether (sulfide) groups is 1. The number of carboxylic acid groups (broad SMARTS) is 1. The normalized spacial score (nSPS) is 11.9. The van der Waals surface area contributed by atoms with Gasteiger partial charge in [0.1, 0.15) is 6.04 Å². The molecule has 0 bridgehead atoms. The Morgan fingerprint density at radius 3 is 2.47 bits per heavy atom. The molecule has 1 amide bonds. The van der Waals surface area contributed by atoms with Gasteiger partial charge in [-0.25, -0.2) is 4.79 Å². The van der Waals surface area contributed by atoms with E-state index in [1.165, 1.54) is 11.8 Å². The van der Waals surface area contributed by atoms with Crippen molar-refractivity contribution in [3.63, 3.8) is 0 Å². The van der Waals surface area contributed by atoms with E-state index < -0.39 is 24.5 Å². The van der Waals surface area contributed by atoms with Gasteiger partial charge in [0, 0.05) is 22.1 Å². The Labute approximate surface area is 120 Å². The van der Waals surface area contributed by atoms with Crippen LogP contribution < -0.4 is 5.32 Å². The number of hydrogen-bond donors (Lipinski definition) is 3. The molecule has 0 unspecified atom stereocenters. The van der Waals surface area contributed by atoms with E-state index >= 15 is 0 Å². The number of aliphatic carboxylic acids is 1. The zero-order chi connectivity index (χ0) is 14.3. The second kappa shape index (κ2) is 8.04. The average molecular weight is 304 g/mol. The number of carbonyl (C=O) groups excluding carboxylic acids is 1. The number of hydrogen-bond acceptors (Lipinski definition) is 4. The van der Waals surface area contributed by atoms with E-state index in [4.69, 9.17) is 21.8 Å². The van der Waals surface area contributed by atoms with Gasteiger partial charge in [0.15, 0.2) is 0 Å². The van der Waals surface area contributed by atoms with Gasteiger partial charge in [0.25, 0.3) is 0 Å². The summed E-state index contributed by atoms with van der Waals surface area (Å²) in [5.41, 5.74) is 0. The first-order valence-corrected chi connectivity index (χ1v) is 6.90. The summed E-state index contributed by atoms with van der Waals surface area (Å²) in [7, 11) is 0. The fourth-order valence-corrected chi connectivity index (χ4v) is 2.22. The minimum absolute atomic E-state index is 0.178. The van der Waals surface area contributed by atoms with E-state index in [-0.39, 0.29) is 6.42 Å². The molecular weight excluding hydrogens is 290 g/mol. The zero-order valence-corrected chi connectivity index (χ0v) is 11.6. The molecule has 0 aliphatic heterocycles. The van der Waals surface area contributed by atoms with Crippen LogP contribution in [-0.4, -0.2) is 40.5 Å². The molecular formula is C12H14ClNO4S. The SMILES string of the molecule is O=C(CCSc1ccc(Cl)cc1)N[C@H](CO)C(=O)O. The van der Waals surface area contributed by atoms with Crippen molar-refractivity contribution in [3.8, 4) is 0 Å². The van der Waals surface area contributed by atoms with Gasteiger partial charge in [-0.05, 0) is 24.3 Å². The monoisotopic (exact) mass is 303 g/mol. The summed E-state index contributed by atoms with van der Waals surface area (Å²) < 4.78 is 0. The van der Waals surface area contributed by atoms with Crippen molar-refractivity contribution in [2.24, 2.45) is 0 Å². The maximum absolute atomic E-state index is 11.4. The molecule has 0 fully saturated rings. The van der Waals surface area contributed by atoms with Crippen LogP contribution in [0.4, 0.5) is 0 Å². The van der Waals surface area contributed by atoms with E-state index in [1.807, 2.05) is 12.1 Å². The first-order valence-electron chi connectivity index (χ1n) is 5.54. The van der Waals surface area contributed by atoms with Gasteiger partial charge < -0.3 is 15.5 Å². The van der Waals surface area contributed by atoms with Crippen LogP contribution in [0, 0.1) is 0 Å². The third kappa shape index (κ3) is 5.96. The maximum atomic E-state index is 11.4. The fraction of sp³-hybridized carbons (Fsp3) is 0.333. The lowest BCUT2D eigenvalue weighted by Crippen LogP contribution is -2.43. The zero-order valence-electron chi connectivity index (χ0n) is 10.0. The predicted octanol–water partition coefficient (Wildman–Crippen LogP) is 1.38. The van der Waals surface area contributed by atoms with Gasteiger partial charge in [-0.3, -0.25) is 4.79 Å². The number of carbonyl (C=O) groups is 2. The molecule has 0 aromatic heterocycles. The second-order valence-electron chi connectivity index (χ2n) is 3.69. The predicted molar refractivity (Wildman–Crippen MR) is 73.4 cm³/mol. The highest BCUT2D eigenvalue weighted by molar-refractivity contribution is 7.99. The molecule has 0 spiro atoms. The van der Waals surface area contributed by atoms with Gasteiger partial charge in [0.05, 0.1) is 6.61 Å². The highest BCUT2D eigenvalue weighted by Gasteiger charge is 2.18. The largest absolute Gasteiger partial charge is 0.480 e. The summed E-state index contributed by atoms with van der Waals surface area (Å²) in [5.74, 6) is -1.13. The number of benzene rings is 1. The molecule has 0 aliphatic rings. The van der Waals surface area contributed by atoms with Crippen molar-refractivity contribution in [2.75, 3.05) is 12.4 Å². The molecule has 0 radical (unpaired) electrons. The van der Waals surface area contributed by atoms with E-state index in [9.17, 15) is 9.59 Å². The van der Waals surface area contributed by atoms with Gasteiger partial charge >= 0.3 is 5.97 Å². The Kier molecular flexibility index (Phi) is 6.69. The Hall–Kier alpha value is -1.24. The summed E-state index contributed by atoms with van der Waals surface area (Å²) in [4.78, 5) is 23.0. The highest BCUT2D eigenvalue weighted by atomic mass is 35.5. The Morgan fingerprint density at radius 2 is 1.95 bits per heavy atom. The summed E-state index contributed by atoms with van der Waals surface area (Å²) >= 11 is 7.22. The summed E-state index contributed by atoms with van der Waals surface area (Å²) in [6.07, 6.45) is 0.178. The molecule has 1 aromatic carbocycles. The van der Waals surface area contributed by atoms with Crippen LogP contribution >= 0.6 is 23.4 Å². The van der Waals surface area contributed by atoms with E-state index in [0.717, 1.165) is 4.90 Å². The third-order valence-electron chi connectivity index (χ3n) is 2.23. The smallest absolute Gasteiger partial charge is 0.328 e. The quantitative estimate of drug-likeness (QED) is 0.663. The summed E-state index contributed by atoms with van der Waals surface area (Å²) in [6, 6.07) is 5.97. The van der Waals surface area contributed by atoms with Crippen molar-refractivity contribution in [1.29, 1.82) is 0 Å². The van der Waals surface area contributed by atoms with Crippen LogP contribution in [0.25, 0.3) is 0 Å². The summed E-state index contributed by atoms with van der Waals surface area (Å²) in [6.45, 7) is -0.620. The molecule has 0 heterocycles. The molecule has 1 rings (SSSR count). The molecule has 0 saturated carbocycles. The van der Waals surface area contributed by atoms with E-state index in [0.29, 0.717) is 10.8 Å². The van der Waals surface area contributed by atoms with Gasteiger partial charge in [-0.1, -0.05) is 11.6 Å². The number of halogens is 1. The standard InChI is InChI=1S/C12H14ClNO4S/c13-8-1-3-9(4-2-8)19-6-5-11(16)14-10(7-15)12(17)18/h1-4,10,15H,5-7H2,(H,14,16)(H,17,18)/t10-/m1/s1. The average Bonchev–Trinajstić information content (AvgIpc) is 2.38. The minimum Gasteiger partial charge on any atom is -0.480 e. The molecule has 1 atom stereocenters. The van der Waals surface area contributed by atoms with Gasteiger partial charge in [0.2, 0.25) is 5.91 Å². The van der Waals surface area contributed by atoms with Crippen LogP contribution in [0.5, 0.6) is 0 Å². The van der Waals surface area contributed by atoms with Crippen LogP contribution in [0.3, 0.4) is 0 Å².